The van der Waals surface area contributed by atoms with Crippen LogP contribution in [-0.4, -0.2) is 41.9 Å². The van der Waals surface area contributed by atoms with E-state index in [0.717, 1.165) is 30.9 Å². The first kappa shape index (κ1) is 13.8. The van der Waals surface area contributed by atoms with Crippen molar-refractivity contribution >= 4 is 11.8 Å². The molecule has 0 aromatic carbocycles. The topological polar surface area (TPSA) is 62.7 Å². The third-order valence-corrected chi connectivity index (χ3v) is 3.47. The van der Waals surface area contributed by atoms with Crippen LogP contribution >= 0.6 is 0 Å². The Labute approximate surface area is 113 Å². The molecular weight excluding hydrogens is 244 g/mol. The minimum absolute atomic E-state index is 0.273. The zero-order chi connectivity index (χ0) is 13.8. The minimum atomic E-state index is -0.903. The SMILES string of the molecule is CCc1cc(C(=O)O)cc(N2CCOCC2CC)n1. The lowest BCUT2D eigenvalue weighted by Gasteiger charge is -2.36. The summed E-state index contributed by atoms with van der Waals surface area (Å²) in [6.45, 7) is 6.19. The Balaban J connectivity index is 2.36. The number of ether oxygens (including phenoxy) is 1. The molecule has 2 rings (SSSR count). The number of anilines is 1. The van der Waals surface area contributed by atoms with Crippen molar-refractivity contribution in [3.8, 4) is 0 Å². The van der Waals surface area contributed by atoms with Gasteiger partial charge in [-0.3, -0.25) is 0 Å². The third kappa shape index (κ3) is 3.04. The van der Waals surface area contributed by atoms with E-state index in [4.69, 9.17) is 4.74 Å². The van der Waals surface area contributed by atoms with Gasteiger partial charge in [0.1, 0.15) is 5.82 Å². The number of hydrogen-bond donors (Lipinski definition) is 1. The number of carboxylic acids is 1. The van der Waals surface area contributed by atoms with Gasteiger partial charge in [-0.15, -0.1) is 0 Å². The molecule has 1 aliphatic heterocycles. The molecule has 104 valence electrons. The van der Waals surface area contributed by atoms with Gasteiger partial charge in [0.05, 0.1) is 24.8 Å². The van der Waals surface area contributed by atoms with E-state index in [-0.39, 0.29) is 6.04 Å². The largest absolute Gasteiger partial charge is 0.478 e. The number of pyridine rings is 1. The van der Waals surface area contributed by atoms with Crippen molar-refractivity contribution in [1.82, 2.24) is 4.98 Å². The summed E-state index contributed by atoms with van der Waals surface area (Å²) >= 11 is 0. The van der Waals surface area contributed by atoms with Crippen molar-refractivity contribution in [1.29, 1.82) is 0 Å². The maximum Gasteiger partial charge on any atom is 0.335 e. The lowest BCUT2D eigenvalue weighted by molar-refractivity contribution is 0.0696. The van der Waals surface area contributed by atoms with E-state index in [1.54, 1.807) is 12.1 Å². The van der Waals surface area contributed by atoms with Gasteiger partial charge in [-0.1, -0.05) is 13.8 Å². The summed E-state index contributed by atoms with van der Waals surface area (Å²) in [5, 5.41) is 9.18. The zero-order valence-corrected chi connectivity index (χ0v) is 11.4. The molecule has 0 bridgehead atoms. The molecule has 0 amide bonds. The summed E-state index contributed by atoms with van der Waals surface area (Å²) in [5.74, 6) is -0.147. The molecule has 1 fully saturated rings. The molecule has 19 heavy (non-hydrogen) atoms. The molecule has 1 saturated heterocycles. The van der Waals surface area contributed by atoms with Crippen molar-refractivity contribution in [3.05, 3.63) is 23.4 Å². The number of nitrogens with zero attached hydrogens (tertiary/aromatic N) is 2. The zero-order valence-electron chi connectivity index (χ0n) is 11.4. The number of carboxylic acid groups (broad SMARTS) is 1. The number of aromatic nitrogens is 1. The van der Waals surface area contributed by atoms with Crippen molar-refractivity contribution in [3.63, 3.8) is 0 Å². The van der Waals surface area contributed by atoms with Gasteiger partial charge >= 0.3 is 5.97 Å². The summed E-state index contributed by atoms with van der Waals surface area (Å²) in [5.41, 5.74) is 1.12. The molecule has 5 heteroatoms. The number of aromatic carboxylic acids is 1. The van der Waals surface area contributed by atoms with Crippen LogP contribution in [0.5, 0.6) is 0 Å². The summed E-state index contributed by atoms with van der Waals surface area (Å²) < 4.78 is 5.47. The van der Waals surface area contributed by atoms with E-state index in [0.29, 0.717) is 18.8 Å². The molecule has 1 aromatic rings. The van der Waals surface area contributed by atoms with Crippen LogP contribution in [0.1, 0.15) is 36.3 Å². The smallest absolute Gasteiger partial charge is 0.335 e. The lowest BCUT2D eigenvalue weighted by Crippen LogP contribution is -2.45. The number of aryl methyl sites for hydroxylation is 1. The standard InChI is InChI=1S/C14H20N2O3/c1-3-11-7-10(14(17)18)8-13(15-11)16-5-6-19-9-12(16)4-2/h7-8,12H,3-6,9H2,1-2H3,(H,17,18). The summed E-state index contributed by atoms with van der Waals surface area (Å²) in [6.07, 6.45) is 1.69. The van der Waals surface area contributed by atoms with Crippen molar-refractivity contribution < 1.29 is 14.6 Å². The number of carbonyl (C=O) groups is 1. The normalized spacial score (nSPS) is 19.5. The Hall–Kier alpha value is -1.62. The van der Waals surface area contributed by atoms with Gasteiger partial charge < -0.3 is 14.7 Å². The first-order valence-corrected chi connectivity index (χ1v) is 6.74. The fourth-order valence-corrected chi connectivity index (χ4v) is 2.32. The fraction of sp³-hybridized carbons (Fsp3) is 0.571. The Bertz CT molecular complexity index is 462. The first-order valence-electron chi connectivity index (χ1n) is 6.74. The number of morpholine rings is 1. The molecule has 0 spiro atoms. The van der Waals surface area contributed by atoms with E-state index >= 15 is 0 Å². The van der Waals surface area contributed by atoms with Crippen LogP contribution in [-0.2, 0) is 11.2 Å². The summed E-state index contributed by atoms with van der Waals surface area (Å²) in [4.78, 5) is 17.9. The highest BCUT2D eigenvalue weighted by Gasteiger charge is 2.23. The van der Waals surface area contributed by atoms with Gasteiger partial charge in [-0.05, 0) is 25.0 Å². The quantitative estimate of drug-likeness (QED) is 0.900. The van der Waals surface area contributed by atoms with E-state index in [1.807, 2.05) is 6.92 Å². The minimum Gasteiger partial charge on any atom is -0.478 e. The number of rotatable bonds is 4. The monoisotopic (exact) mass is 264 g/mol. The Morgan fingerprint density at radius 1 is 1.53 bits per heavy atom. The molecule has 1 aliphatic rings. The molecule has 5 nitrogen and oxygen atoms in total. The van der Waals surface area contributed by atoms with Gasteiger partial charge in [0.25, 0.3) is 0 Å². The van der Waals surface area contributed by atoms with Crippen molar-refractivity contribution in [2.75, 3.05) is 24.7 Å². The highest BCUT2D eigenvalue weighted by atomic mass is 16.5. The number of hydrogen-bond acceptors (Lipinski definition) is 4. The van der Waals surface area contributed by atoms with Gasteiger partial charge in [0, 0.05) is 12.2 Å². The second-order valence-electron chi connectivity index (χ2n) is 4.69. The first-order chi connectivity index (χ1) is 9.15. The van der Waals surface area contributed by atoms with Crippen molar-refractivity contribution in [2.24, 2.45) is 0 Å². The molecule has 1 atom stereocenters. The molecule has 1 aromatic heterocycles. The molecule has 0 radical (unpaired) electrons. The average Bonchev–Trinajstić information content (AvgIpc) is 2.46. The Morgan fingerprint density at radius 3 is 2.95 bits per heavy atom. The van der Waals surface area contributed by atoms with E-state index in [2.05, 4.69) is 16.8 Å². The van der Waals surface area contributed by atoms with Gasteiger partial charge in [-0.25, -0.2) is 9.78 Å². The summed E-state index contributed by atoms with van der Waals surface area (Å²) in [7, 11) is 0. The van der Waals surface area contributed by atoms with E-state index < -0.39 is 5.97 Å². The van der Waals surface area contributed by atoms with Crippen LogP contribution < -0.4 is 4.90 Å². The van der Waals surface area contributed by atoms with Crippen LogP contribution in [0, 0.1) is 0 Å². The van der Waals surface area contributed by atoms with Crippen LogP contribution in [0.3, 0.4) is 0 Å². The summed E-state index contributed by atoms with van der Waals surface area (Å²) in [6, 6.07) is 3.58. The fourth-order valence-electron chi connectivity index (χ4n) is 2.32. The Morgan fingerprint density at radius 2 is 2.32 bits per heavy atom. The maximum atomic E-state index is 11.2. The molecule has 1 unspecified atom stereocenters. The van der Waals surface area contributed by atoms with Crippen molar-refractivity contribution in [2.45, 2.75) is 32.7 Å². The average molecular weight is 264 g/mol. The Kier molecular flexibility index (Phi) is 4.37. The predicted octanol–water partition coefficient (Wildman–Crippen LogP) is 1.96. The van der Waals surface area contributed by atoms with Gasteiger partial charge in [0.15, 0.2) is 0 Å². The van der Waals surface area contributed by atoms with E-state index in [1.165, 1.54) is 0 Å². The molecule has 1 N–H and O–H groups in total. The molecular formula is C14H20N2O3. The second-order valence-corrected chi connectivity index (χ2v) is 4.69. The lowest BCUT2D eigenvalue weighted by atomic mass is 10.1. The van der Waals surface area contributed by atoms with Crippen LogP contribution in [0.15, 0.2) is 12.1 Å². The van der Waals surface area contributed by atoms with Crippen LogP contribution in [0.25, 0.3) is 0 Å². The van der Waals surface area contributed by atoms with E-state index in [9.17, 15) is 9.90 Å². The third-order valence-electron chi connectivity index (χ3n) is 3.47. The molecule has 0 saturated carbocycles. The highest BCUT2D eigenvalue weighted by molar-refractivity contribution is 5.88. The van der Waals surface area contributed by atoms with Crippen LogP contribution in [0.4, 0.5) is 5.82 Å². The molecule has 2 heterocycles. The van der Waals surface area contributed by atoms with Crippen LogP contribution in [0.2, 0.25) is 0 Å². The van der Waals surface area contributed by atoms with Gasteiger partial charge in [-0.2, -0.15) is 0 Å². The predicted molar refractivity (Wildman–Crippen MR) is 72.8 cm³/mol. The van der Waals surface area contributed by atoms with Gasteiger partial charge in [0.2, 0.25) is 0 Å². The maximum absolute atomic E-state index is 11.2. The second kappa shape index (κ2) is 6.02. The highest BCUT2D eigenvalue weighted by Crippen LogP contribution is 2.21. The molecule has 0 aliphatic carbocycles.